The van der Waals surface area contributed by atoms with Gasteiger partial charge in [0.25, 0.3) is 0 Å². The molecule has 1 aromatic heterocycles. The lowest BCUT2D eigenvalue weighted by Gasteiger charge is -2.36. The fourth-order valence-corrected chi connectivity index (χ4v) is 2.66. The maximum atomic E-state index is 6.12. The zero-order chi connectivity index (χ0) is 12.3. The molecule has 0 radical (unpaired) electrons. The van der Waals surface area contributed by atoms with Crippen LogP contribution in [0.4, 0.5) is 0 Å². The van der Waals surface area contributed by atoms with Gasteiger partial charge in [-0.2, -0.15) is 0 Å². The van der Waals surface area contributed by atoms with Crippen LogP contribution in [0.2, 0.25) is 0 Å². The summed E-state index contributed by atoms with van der Waals surface area (Å²) in [6, 6.07) is 0.407. The van der Waals surface area contributed by atoms with Crippen molar-refractivity contribution in [3.8, 4) is 0 Å². The smallest absolute Gasteiger partial charge is 0.109 e. The van der Waals surface area contributed by atoms with Crippen molar-refractivity contribution in [2.75, 3.05) is 19.6 Å². The minimum atomic E-state index is 0.407. The number of piperidine rings is 1. The highest BCUT2D eigenvalue weighted by Gasteiger charge is 2.24. The summed E-state index contributed by atoms with van der Waals surface area (Å²) in [4.78, 5) is 6.90. The van der Waals surface area contributed by atoms with Crippen LogP contribution in [-0.4, -0.2) is 40.1 Å². The number of imidazole rings is 1. The molecule has 1 fully saturated rings. The summed E-state index contributed by atoms with van der Waals surface area (Å²) in [5.74, 6) is 1.85. The van der Waals surface area contributed by atoms with Gasteiger partial charge in [0.2, 0.25) is 0 Å². The minimum absolute atomic E-state index is 0.407. The molecule has 17 heavy (non-hydrogen) atoms. The van der Waals surface area contributed by atoms with Crippen LogP contribution in [-0.2, 0) is 13.5 Å². The van der Waals surface area contributed by atoms with Crippen LogP contribution in [0.3, 0.4) is 0 Å². The summed E-state index contributed by atoms with van der Waals surface area (Å²) in [7, 11) is 2.06. The van der Waals surface area contributed by atoms with Crippen LogP contribution < -0.4 is 5.73 Å². The Balaban J connectivity index is 1.82. The average molecular weight is 236 g/mol. The summed E-state index contributed by atoms with van der Waals surface area (Å²) in [6.07, 6.45) is 7.25. The lowest BCUT2D eigenvalue weighted by molar-refractivity contribution is 0.152. The van der Waals surface area contributed by atoms with Gasteiger partial charge < -0.3 is 15.2 Å². The fourth-order valence-electron chi connectivity index (χ4n) is 2.66. The molecule has 1 aliphatic heterocycles. The van der Waals surface area contributed by atoms with E-state index >= 15 is 0 Å². The van der Waals surface area contributed by atoms with Crippen molar-refractivity contribution >= 4 is 0 Å². The van der Waals surface area contributed by atoms with Crippen molar-refractivity contribution in [1.29, 1.82) is 0 Å². The molecule has 0 aliphatic carbocycles. The fraction of sp³-hybridized carbons (Fsp3) is 0.769. The van der Waals surface area contributed by atoms with Crippen molar-refractivity contribution in [1.82, 2.24) is 14.5 Å². The Hall–Kier alpha value is -0.870. The van der Waals surface area contributed by atoms with E-state index in [1.807, 2.05) is 12.4 Å². The molecule has 1 saturated heterocycles. The normalized spacial score (nSPS) is 26.3. The van der Waals surface area contributed by atoms with Gasteiger partial charge in [-0.25, -0.2) is 4.98 Å². The summed E-state index contributed by atoms with van der Waals surface area (Å²) in [6.45, 7) is 5.64. The first-order valence-electron chi connectivity index (χ1n) is 6.64. The number of hydrogen-bond donors (Lipinski definition) is 1. The van der Waals surface area contributed by atoms with Crippen LogP contribution in [0.15, 0.2) is 12.4 Å². The topological polar surface area (TPSA) is 47.1 Å². The summed E-state index contributed by atoms with van der Waals surface area (Å²) >= 11 is 0. The van der Waals surface area contributed by atoms with E-state index in [-0.39, 0.29) is 0 Å². The van der Waals surface area contributed by atoms with Gasteiger partial charge in [-0.05, 0) is 18.9 Å². The van der Waals surface area contributed by atoms with Crippen molar-refractivity contribution in [2.45, 2.75) is 32.2 Å². The predicted octanol–water partition coefficient (Wildman–Crippen LogP) is 1.02. The Morgan fingerprint density at radius 1 is 1.53 bits per heavy atom. The van der Waals surface area contributed by atoms with Gasteiger partial charge in [0.05, 0.1) is 0 Å². The number of aromatic nitrogens is 2. The van der Waals surface area contributed by atoms with Crippen LogP contribution in [0.1, 0.15) is 25.6 Å². The Morgan fingerprint density at radius 3 is 3.00 bits per heavy atom. The summed E-state index contributed by atoms with van der Waals surface area (Å²) < 4.78 is 2.10. The van der Waals surface area contributed by atoms with Crippen molar-refractivity contribution in [3.05, 3.63) is 18.2 Å². The van der Waals surface area contributed by atoms with Crippen LogP contribution in [0, 0.1) is 5.92 Å². The van der Waals surface area contributed by atoms with Crippen LogP contribution >= 0.6 is 0 Å². The molecule has 2 heterocycles. The summed E-state index contributed by atoms with van der Waals surface area (Å²) in [5, 5.41) is 0. The van der Waals surface area contributed by atoms with Crippen LogP contribution in [0.5, 0.6) is 0 Å². The predicted molar refractivity (Wildman–Crippen MR) is 69.7 cm³/mol. The largest absolute Gasteiger partial charge is 0.338 e. The van der Waals surface area contributed by atoms with E-state index < -0.39 is 0 Å². The first-order valence-corrected chi connectivity index (χ1v) is 6.64. The third-order valence-corrected chi connectivity index (χ3v) is 3.97. The lowest BCUT2D eigenvalue weighted by atomic mass is 9.90. The van der Waals surface area contributed by atoms with E-state index in [0.29, 0.717) is 12.0 Å². The third-order valence-electron chi connectivity index (χ3n) is 3.97. The number of nitrogens with zero attached hydrogens (tertiary/aromatic N) is 3. The standard InChI is InChI=1S/C13H24N4/c1-3-11-10-17(7-4-12(11)14)8-5-13-15-6-9-16(13)2/h6,9,11-12H,3-5,7-8,10,14H2,1-2H3. The van der Waals surface area contributed by atoms with Crippen LogP contribution in [0.25, 0.3) is 0 Å². The first kappa shape index (κ1) is 12.6. The van der Waals surface area contributed by atoms with Gasteiger partial charge in [0, 0.05) is 45.0 Å². The van der Waals surface area contributed by atoms with Gasteiger partial charge in [-0.15, -0.1) is 0 Å². The number of rotatable bonds is 4. The summed E-state index contributed by atoms with van der Waals surface area (Å²) in [5.41, 5.74) is 6.12. The highest BCUT2D eigenvalue weighted by molar-refractivity contribution is 4.92. The number of hydrogen-bond acceptors (Lipinski definition) is 3. The molecular formula is C13H24N4. The van der Waals surface area contributed by atoms with Gasteiger partial charge in [-0.3, -0.25) is 0 Å². The highest BCUT2D eigenvalue weighted by atomic mass is 15.1. The molecule has 2 unspecified atom stereocenters. The molecule has 1 aliphatic rings. The highest BCUT2D eigenvalue weighted by Crippen LogP contribution is 2.18. The molecule has 4 heteroatoms. The molecule has 2 rings (SSSR count). The van der Waals surface area contributed by atoms with Crippen molar-refractivity contribution in [2.24, 2.45) is 18.7 Å². The molecule has 2 atom stereocenters. The number of nitrogens with two attached hydrogens (primary N) is 1. The van der Waals surface area contributed by atoms with E-state index in [1.165, 1.54) is 12.2 Å². The van der Waals surface area contributed by atoms with E-state index in [0.717, 1.165) is 32.5 Å². The lowest BCUT2D eigenvalue weighted by Crippen LogP contribution is -2.47. The Labute approximate surface area is 104 Å². The molecule has 0 amide bonds. The second kappa shape index (κ2) is 5.65. The molecule has 4 nitrogen and oxygen atoms in total. The monoisotopic (exact) mass is 236 g/mol. The number of likely N-dealkylation sites (tertiary alicyclic amines) is 1. The molecule has 0 bridgehead atoms. The molecule has 1 aromatic rings. The third kappa shape index (κ3) is 3.07. The molecular weight excluding hydrogens is 212 g/mol. The SMILES string of the molecule is CCC1CN(CCc2nccn2C)CCC1N. The van der Waals surface area contributed by atoms with E-state index in [4.69, 9.17) is 5.73 Å². The molecule has 2 N–H and O–H groups in total. The van der Waals surface area contributed by atoms with Gasteiger partial charge in [-0.1, -0.05) is 13.3 Å². The van der Waals surface area contributed by atoms with Crippen molar-refractivity contribution in [3.63, 3.8) is 0 Å². The maximum absolute atomic E-state index is 6.12. The molecule has 0 aromatic carbocycles. The molecule has 96 valence electrons. The maximum Gasteiger partial charge on any atom is 0.109 e. The zero-order valence-electron chi connectivity index (χ0n) is 11.0. The van der Waals surface area contributed by atoms with Gasteiger partial charge in [0.15, 0.2) is 0 Å². The van der Waals surface area contributed by atoms with Crippen molar-refractivity contribution < 1.29 is 0 Å². The van der Waals surface area contributed by atoms with E-state index in [1.54, 1.807) is 0 Å². The average Bonchev–Trinajstić information content (AvgIpc) is 2.74. The Kier molecular flexibility index (Phi) is 4.18. The Bertz CT molecular complexity index is 347. The van der Waals surface area contributed by atoms with Gasteiger partial charge >= 0.3 is 0 Å². The second-order valence-electron chi connectivity index (χ2n) is 5.13. The quantitative estimate of drug-likeness (QED) is 0.849. The molecule has 0 saturated carbocycles. The minimum Gasteiger partial charge on any atom is -0.338 e. The van der Waals surface area contributed by atoms with Gasteiger partial charge in [0.1, 0.15) is 5.82 Å². The first-order chi connectivity index (χ1) is 8.20. The Morgan fingerprint density at radius 2 is 2.35 bits per heavy atom. The molecule has 0 spiro atoms. The van der Waals surface area contributed by atoms with E-state index in [2.05, 4.69) is 28.4 Å². The number of aryl methyl sites for hydroxylation is 1. The zero-order valence-corrected chi connectivity index (χ0v) is 11.0. The van der Waals surface area contributed by atoms with E-state index in [9.17, 15) is 0 Å². The second-order valence-corrected chi connectivity index (χ2v) is 5.13.